The Morgan fingerprint density at radius 2 is 2.25 bits per heavy atom. The maximum atomic E-state index is 10.6. The molecule has 0 spiro atoms. The molecular formula is C14H20O2. The van der Waals surface area contributed by atoms with Crippen LogP contribution in [0.1, 0.15) is 38.3 Å². The summed E-state index contributed by atoms with van der Waals surface area (Å²) in [6.45, 7) is 6.80. The molecule has 2 unspecified atom stereocenters. The molecule has 1 aliphatic rings. The van der Waals surface area contributed by atoms with Crippen molar-refractivity contribution in [3.05, 3.63) is 29.3 Å². The van der Waals surface area contributed by atoms with Crippen molar-refractivity contribution < 1.29 is 9.84 Å². The first kappa shape index (κ1) is 11.5. The molecule has 16 heavy (non-hydrogen) atoms. The second-order valence-corrected chi connectivity index (χ2v) is 4.85. The maximum absolute atomic E-state index is 10.6. The highest BCUT2D eigenvalue weighted by molar-refractivity contribution is 5.46. The van der Waals surface area contributed by atoms with E-state index in [0.29, 0.717) is 0 Å². The first-order valence-corrected chi connectivity index (χ1v) is 6.05. The fraction of sp³-hybridized carbons (Fsp3) is 0.571. The van der Waals surface area contributed by atoms with Crippen LogP contribution < -0.4 is 4.74 Å². The van der Waals surface area contributed by atoms with Crippen LogP contribution in [0.25, 0.3) is 0 Å². The van der Waals surface area contributed by atoms with Gasteiger partial charge in [-0.15, -0.1) is 0 Å². The molecule has 1 heterocycles. The van der Waals surface area contributed by atoms with Gasteiger partial charge in [0.2, 0.25) is 0 Å². The zero-order valence-electron chi connectivity index (χ0n) is 10.3. The van der Waals surface area contributed by atoms with Gasteiger partial charge in [0.05, 0.1) is 12.2 Å². The predicted octanol–water partition coefficient (Wildman–Crippen LogP) is 2.88. The van der Waals surface area contributed by atoms with Crippen LogP contribution in [0.15, 0.2) is 18.2 Å². The van der Waals surface area contributed by atoms with Crippen LogP contribution in [0.5, 0.6) is 5.75 Å². The van der Waals surface area contributed by atoms with Gasteiger partial charge in [-0.25, -0.2) is 0 Å². The molecule has 88 valence electrons. The third kappa shape index (κ3) is 1.71. The second-order valence-electron chi connectivity index (χ2n) is 4.85. The quantitative estimate of drug-likeness (QED) is 0.848. The number of aliphatic hydroxyl groups is 1. The van der Waals surface area contributed by atoms with Crippen molar-refractivity contribution in [3.8, 4) is 5.75 Å². The molecule has 0 saturated heterocycles. The summed E-state index contributed by atoms with van der Waals surface area (Å²) >= 11 is 0. The van der Waals surface area contributed by atoms with Gasteiger partial charge in [0.15, 0.2) is 0 Å². The largest absolute Gasteiger partial charge is 0.493 e. The van der Waals surface area contributed by atoms with E-state index in [1.165, 1.54) is 5.56 Å². The van der Waals surface area contributed by atoms with E-state index in [4.69, 9.17) is 4.74 Å². The molecule has 0 aromatic heterocycles. The smallest absolute Gasteiger partial charge is 0.128 e. The predicted molar refractivity (Wildman–Crippen MR) is 64.7 cm³/mol. The normalized spacial score (nSPS) is 19.8. The summed E-state index contributed by atoms with van der Waals surface area (Å²) in [5, 5.41) is 10.6. The van der Waals surface area contributed by atoms with Crippen molar-refractivity contribution in [2.45, 2.75) is 39.2 Å². The molecule has 2 nitrogen and oxygen atoms in total. The minimum atomic E-state index is -0.801. The van der Waals surface area contributed by atoms with Gasteiger partial charge in [0, 0.05) is 12.0 Å². The Hall–Kier alpha value is -1.02. The Labute approximate surface area is 97.3 Å². The Kier molecular flexibility index (Phi) is 2.94. The van der Waals surface area contributed by atoms with Crippen molar-refractivity contribution >= 4 is 0 Å². The molecule has 2 rings (SSSR count). The molecule has 1 aliphatic heterocycles. The molecule has 1 aromatic rings. The van der Waals surface area contributed by atoms with E-state index >= 15 is 0 Å². The van der Waals surface area contributed by atoms with Crippen molar-refractivity contribution in [1.82, 2.24) is 0 Å². The van der Waals surface area contributed by atoms with Crippen LogP contribution in [0.2, 0.25) is 0 Å². The average molecular weight is 220 g/mol. The summed E-state index contributed by atoms with van der Waals surface area (Å²) in [5.74, 6) is 1.14. The molecule has 1 N–H and O–H groups in total. The summed E-state index contributed by atoms with van der Waals surface area (Å²) in [6, 6.07) is 6.08. The van der Waals surface area contributed by atoms with Crippen molar-refractivity contribution in [3.63, 3.8) is 0 Å². The second kappa shape index (κ2) is 4.10. The van der Waals surface area contributed by atoms with Gasteiger partial charge in [-0.3, -0.25) is 0 Å². The minimum Gasteiger partial charge on any atom is -0.493 e. The van der Waals surface area contributed by atoms with Gasteiger partial charge in [0.25, 0.3) is 0 Å². The molecule has 0 radical (unpaired) electrons. The van der Waals surface area contributed by atoms with Gasteiger partial charge >= 0.3 is 0 Å². The average Bonchev–Trinajstić information content (AvgIpc) is 2.75. The Bertz CT molecular complexity index is 382. The maximum Gasteiger partial charge on any atom is 0.128 e. The zero-order chi connectivity index (χ0) is 11.8. The molecule has 2 atom stereocenters. The Balaban J connectivity index is 2.44. The van der Waals surface area contributed by atoms with E-state index in [0.717, 1.165) is 30.8 Å². The number of benzene rings is 1. The number of hydrogen-bond donors (Lipinski definition) is 1. The number of rotatable bonds is 3. The van der Waals surface area contributed by atoms with Crippen LogP contribution in [0.3, 0.4) is 0 Å². The summed E-state index contributed by atoms with van der Waals surface area (Å²) in [7, 11) is 0. The van der Waals surface area contributed by atoms with Crippen LogP contribution in [-0.4, -0.2) is 11.7 Å². The highest BCUT2D eigenvalue weighted by Crippen LogP contribution is 2.40. The SMILES string of the molecule is CCC(C)C(C)(O)c1cccc2c1OCC2. The lowest BCUT2D eigenvalue weighted by molar-refractivity contribution is -0.00198. The molecule has 0 amide bonds. The molecule has 0 aliphatic carbocycles. The molecule has 0 fully saturated rings. The standard InChI is InChI=1S/C14H20O2/c1-4-10(2)14(3,15)12-7-5-6-11-8-9-16-13(11)12/h5-7,10,15H,4,8-9H2,1-3H3. The van der Waals surface area contributed by atoms with E-state index in [1.807, 2.05) is 19.1 Å². The Morgan fingerprint density at radius 3 is 2.94 bits per heavy atom. The van der Waals surface area contributed by atoms with Crippen LogP contribution >= 0.6 is 0 Å². The number of para-hydroxylation sites is 1. The molecule has 1 aromatic carbocycles. The summed E-state index contributed by atoms with van der Waals surface area (Å²) < 4.78 is 5.65. The van der Waals surface area contributed by atoms with Gasteiger partial charge in [-0.1, -0.05) is 38.5 Å². The van der Waals surface area contributed by atoms with Crippen molar-refractivity contribution in [2.75, 3.05) is 6.61 Å². The van der Waals surface area contributed by atoms with Crippen molar-refractivity contribution in [1.29, 1.82) is 0 Å². The first-order valence-electron chi connectivity index (χ1n) is 6.05. The highest BCUT2D eigenvalue weighted by Gasteiger charge is 2.34. The topological polar surface area (TPSA) is 29.5 Å². The van der Waals surface area contributed by atoms with E-state index in [2.05, 4.69) is 19.9 Å². The van der Waals surface area contributed by atoms with Gasteiger partial charge in [0.1, 0.15) is 5.75 Å². The number of fused-ring (bicyclic) bond motifs is 1. The highest BCUT2D eigenvalue weighted by atomic mass is 16.5. The third-order valence-corrected chi connectivity index (χ3v) is 3.83. The van der Waals surface area contributed by atoms with E-state index in [9.17, 15) is 5.11 Å². The summed E-state index contributed by atoms with van der Waals surface area (Å²) in [5.41, 5.74) is 1.36. The summed E-state index contributed by atoms with van der Waals surface area (Å²) in [6.07, 6.45) is 1.91. The Morgan fingerprint density at radius 1 is 1.50 bits per heavy atom. The lowest BCUT2D eigenvalue weighted by Crippen LogP contribution is -2.30. The van der Waals surface area contributed by atoms with E-state index in [1.54, 1.807) is 0 Å². The first-order chi connectivity index (χ1) is 7.57. The van der Waals surface area contributed by atoms with Gasteiger partial charge in [-0.2, -0.15) is 0 Å². The van der Waals surface area contributed by atoms with E-state index in [-0.39, 0.29) is 5.92 Å². The fourth-order valence-electron chi connectivity index (χ4n) is 2.28. The van der Waals surface area contributed by atoms with Crippen molar-refractivity contribution in [2.24, 2.45) is 5.92 Å². The number of hydrogen-bond acceptors (Lipinski definition) is 2. The minimum absolute atomic E-state index is 0.225. The van der Waals surface area contributed by atoms with E-state index < -0.39 is 5.60 Å². The molecule has 2 heteroatoms. The van der Waals surface area contributed by atoms with Crippen LogP contribution in [0.4, 0.5) is 0 Å². The zero-order valence-corrected chi connectivity index (χ0v) is 10.3. The molecule has 0 saturated carbocycles. The molecule has 0 bridgehead atoms. The third-order valence-electron chi connectivity index (χ3n) is 3.83. The van der Waals surface area contributed by atoms with Gasteiger partial charge in [-0.05, 0) is 18.4 Å². The van der Waals surface area contributed by atoms with Crippen LogP contribution in [-0.2, 0) is 12.0 Å². The molecular weight excluding hydrogens is 200 g/mol. The number of ether oxygens (including phenoxy) is 1. The summed E-state index contributed by atoms with van der Waals surface area (Å²) in [4.78, 5) is 0. The lowest BCUT2D eigenvalue weighted by atomic mass is 9.81. The van der Waals surface area contributed by atoms with Crippen LogP contribution in [0, 0.1) is 5.92 Å². The lowest BCUT2D eigenvalue weighted by Gasteiger charge is -2.31. The van der Waals surface area contributed by atoms with Gasteiger partial charge < -0.3 is 9.84 Å². The fourth-order valence-corrected chi connectivity index (χ4v) is 2.28. The monoisotopic (exact) mass is 220 g/mol.